The zero-order chi connectivity index (χ0) is 10.3. The van der Waals surface area contributed by atoms with Gasteiger partial charge < -0.3 is 10.3 Å². The van der Waals surface area contributed by atoms with Crippen molar-refractivity contribution in [1.82, 2.24) is 0 Å². The number of quaternary nitrogens is 1. The molecule has 2 aliphatic carbocycles. The molecule has 5 atom stereocenters. The highest BCUT2D eigenvalue weighted by Gasteiger charge is 2.44. The van der Waals surface area contributed by atoms with Crippen LogP contribution in [-0.2, 0) is 0 Å². The molecule has 86 valence electrons. The Balaban J connectivity index is 1.76. The molecule has 2 nitrogen and oxygen atoms in total. The van der Waals surface area contributed by atoms with Crippen LogP contribution in [0, 0.1) is 23.0 Å². The highest BCUT2D eigenvalue weighted by Crippen LogP contribution is 2.45. The van der Waals surface area contributed by atoms with E-state index in [4.69, 9.17) is 0 Å². The lowest BCUT2D eigenvalue weighted by Crippen LogP contribution is -3.13. The Morgan fingerprint density at radius 1 is 0.800 bits per heavy atom. The Bertz CT molecular complexity index is 231. The molecule has 3 aliphatic rings. The average molecular weight is 209 g/mol. The van der Waals surface area contributed by atoms with Crippen molar-refractivity contribution in [2.45, 2.75) is 57.4 Å². The van der Waals surface area contributed by atoms with Gasteiger partial charge in [0, 0.05) is 12.3 Å². The van der Waals surface area contributed by atoms with E-state index in [9.17, 15) is 5.21 Å². The van der Waals surface area contributed by atoms with Crippen molar-refractivity contribution < 1.29 is 5.06 Å². The van der Waals surface area contributed by atoms with Crippen molar-refractivity contribution >= 4 is 0 Å². The average Bonchev–Trinajstić information content (AvgIpc) is 2.29. The zero-order valence-electron chi connectivity index (χ0n) is 9.58. The van der Waals surface area contributed by atoms with Crippen molar-refractivity contribution in [2.75, 3.05) is 6.54 Å². The van der Waals surface area contributed by atoms with Crippen molar-refractivity contribution in [3.63, 3.8) is 0 Å². The summed E-state index contributed by atoms with van der Waals surface area (Å²) < 4.78 is 0. The van der Waals surface area contributed by atoms with E-state index in [0.29, 0.717) is 11.1 Å². The van der Waals surface area contributed by atoms with Gasteiger partial charge in [-0.3, -0.25) is 0 Å². The molecule has 2 saturated carbocycles. The zero-order valence-corrected chi connectivity index (χ0v) is 9.58. The summed E-state index contributed by atoms with van der Waals surface area (Å²) in [5.74, 6) is 2.72. The first-order chi connectivity index (χ1) is 7.36. The summed E-state index contributed by atoms with van der Waals surface area (Å²) in [4.78, 5) is 0. The summed E-state index contributed by atoms with van der Waals surface area (Å²) in [6.07, 6.45) is 10.9. The fourth-order valence-electron chi connectivity index (χ4n) is 4.58. The van der Waals surface area contributed by atoms with Gasteiger partial charge in [-0.25, -0.2) is 0 Å². The van der Waals surface area contributed by atoms with Crippen LogP contribution in [-0.4, -0.2) is 12.6 Å². The van der Waals surface area contributed by atoms with Crippen molar-refractivity contribution in [3.8, 4) is 0 Å². The van der Waals surface area contributed by atoms with E-state index < -0.39 is 0 Å². The lowest BCUT2D eigenvalue weighted by molar-refractivity contribution is -0.888. The molecule has 1 aliphatic heterocycles. The van der Waals surface area contributed by atoms with Crippen molar-refractivity contribution in [2.24, 2.45) is 17.8 Å². The van der Waals surface area contributed by atoms with E-state index in [0.717, 1.165) is 24.3 Å². The van der Waals surface area contributed by atoms with Gasteiger partial charge in [-0.2, -0.15) is 0 Å². The number of piperidine rings is 1. The van der Waals surface area contributed by atoms with Crippen LogP contribution < -0.4 is 5.06 Å². The second kappa shape index (κ2) is 4.06. The van der Waals surface area contributed by atoms with Crippen molar-refractivity contribution in [3.05, 3.63) is 5.21 Å². The maximum Gasteiger partial charge on any atom is 0.0903 e. The minimum absolute atomic E-state index is 0.484. The van der Waals surface area contributed by atoms with Gasteiger partial charge in [0.15, 0.2) is 0 Å². The molecule has 0 aromatic carbocycles. The molecule has 1 N–H and O–H groups in total. The van der Waals surface area contributed by atoms with Gasteiger partial charge in [-0.05, 0) is 37.5 Å². The third kappa shape index (κ3) is 1.72. The number of rotatable bonds is 0. The van der Waals surface area contributed by atoms with E-state index in [1.165, 1.54) is 51.4 Å². The highest BCUT2D eigenvalue weighted by molar-refractivity contribution is 4.90. The molecular formula is C13H23NO. The van der Waals surface area contributed by atoms with Gasteiger partial charge in [0.2, 0.25) is 0 Å². The van der Waals surface area contributed by atoms with E-state index >= 15 is 0 Å². The van der Waals surface area contributed by atoms with E-state index in [-0.39, 0.29) is 0 Å². The van der Waals surface area contributed by atoms with E-state index in [1.807, 2.05) is 0 Å². The van der Waals surface area contributed by atoms with Crippen molar-refractivity contribution in [1.29, 1.82) is 0 Å². The first-order valence-corrected chi connectivity index (χ1v) is 6.89. The Hall–Kier alpha value is -0.0800. The summed E-state index contributed by atoms with van der Waals surface area (Å²) in [6.45, 7) is 0.887. The van der Waals surface area contributed by atoms with Crippen LogP contribution in [0.1, 0.15) is 51.4 Å². The van der Waals surface area contributed by atoms with Crippen LogP contribution in [0.4, 0.5) is 0 Å². The number of hydrogen-bond donors (Lipinski definition) is 1. The molecule has 0 amide bonds. The largest absolute Gasteiger partial charge is 0.634 e. The fourth-order valence-corrected chi connectivity index (χ4v) is 4.58. The third-order valence-electron chi connectivity index (χ3n) is 5.26. The molecule has 0 aromatic heterocycles. The molecule has 2 heteroatoms. The van der Waals surface area contributed by atoms with E-state index in [2.05, 4.69) is 0 Å². The second-order valence-corrected chi connectivity index (χ2v) is 5.91. The molecule has 1 saturated heterocycles. The molecule has 3 rings (SSSR count). The lowest BCUT2D eigenvalue weighted by atomic mass is 9.61. The maximum absolute atomic E-state index is 11.9. The predicted octanol–water partition coefficient (Wildman–Crippen LogP) is 1.75. The summed E-state index contributed by atoms with van der Waals surface area (Å²) in [5, 5.41) is 12.5. The molecule has 0 radical (unpaired) electrons. The predicted molar refractivity (Wildman–Crippen MR) is 60.4 cm³/mol. The topological polar surface area (TPSA) is 27.5 Å². The monoisotopic (exact) mass is 209 g/mol. The Morgan fingerprint density at radius 2 is 1.60 bits per heavy atom. The van der Waals surface area contributed by atoms with Crippen LogP contribution in [0.25, 0.3) is 0 Å². The highest BCUT2D eigenvalue weighted by atomic mass is 16.5. The van der Waals surface area contributed by atoms with Gasteiger partial charge in [0.1, 0.15) is 0 Å². The molecular weight excluding hydrogens is 186 g/mol. The Labute approximate surface area is 92.6 Å². The number of hydroxylamine groups is 2. The Morgan fingerprint density at radius 3 is 2.53 bits per heavy atom. The number of fused-ring (bicyclic) bond motifs is 3. The molecule has 0 spiro atoms. The number of nitrogens with one attached hydrogen (secondary N) is 1. The Kier molecular flexibility index (Phi) is 2.73. The molecule has 5 unspecified atom stereocenters. The summed E-state index contributed by atoms with van der Waals surface area (Å²) in [7, 11) is 0. The molecule has 3 fully saturated rings. The third-order valence-corrected chi connectivity index (χ3v) is 5.26. The lowest BCUT2D eigenvalue weighted by Gasteiger charge is -2.51. The minimum Gasteiger partial charge on any atom is -0.634 e. The molecule has 15 heavy (non-hydrogen) atoms. The SMILES string of the molecule is [O-][NH+]1CCCC2C3CCCCC3CCC21. The summed E-state index contributed by atoms with van der Waals surface area (Å²) in [5.41, 5.74) is 0. The van der Waals surface area contributed by atoms with Gasteiger partial charge in [-0.15, -0.1) is 0 Å². The van der Waals surface area contributed by atoms with Crippen LogP contribution in [0.5, 0.6) is 0 Å². The van der Waals surface area contributed by atoms with Crippen LogP contribution in [0.2, 0.25) is 0 Å². The summed E-state index contributed by atoms with van der Waals surface area (Å²) in [6, 6.07) is 0.484. The van der Waals surface area contributed by atoms with Gasteiger partial charge in [0.25, 0.3) is 0 Å². The number of hydrogen-bond acceptors (Lipinski definition) is 1. The quantitative estimate of drug-likeness (QED) is 0.605. The van der Waals surface area contributed by atoms with E-state index in [1.54, 1.807) is 0 Å². The van der Waals surface area contributed by atoms with Crippen LogP contribution >= 0.6 is 0 Å². The fraction of sp³-hybridized carbons (Fsp3) is 1.00. The van der Waals surface area contributed by atoms with Gasteiger partial charge in [-0.1, -0.05) is 19.3 Å². The molecule has 0 aromatic rings. The standard InChI is InChI=1S/C13H23NO/c15-14-9-3-6-12-11-5-2-1-4-10(11)7-8-13(12)14/h10-14H,1-9H2. The summed E-state index contributed by atoms with van der Waals surface area (Å²) >= 11 is 0. The molecule has 1 heterocycles. The first kappa shape index (κ1) is 10.1. The second-order valence-electron chi connectivity index (χ2n) is 5.91. The van der Waals surface area contributed by atoms with Gasteiger partial charge in [0.05, 0.1) is 12.6 Å². The van der Waals surface area contributed by atoms with Crippen LogP contribution in [0.3, 0.4) is 0 Å². The maximum atomic E-state index is 11.9. The minimum atomic E-state index is 0.484. The normalized spacial score (nSPS) is 50.6. The smallest absolute Gasteiger partial charge is 0.0903 e. The first-order valence-electron chi connectivity index (χ1n) is 6.89. The van der Waals surface area contributed by atoms with Crippen LogP contribution in [0.15, 0.2) is 0 Å². The molecule has 0 bridgehead atoms. The van der Waals surface area contributed by atoms with Gasteiger partial charge >= 0.3 is 0 Å².